The Morgan fingerprint density at radius 2 is 1.26 bits per heavy atom. The quantitative estimate of drug-likeness (QED) is 0.364. The predicted molar refractivity (Wildman–Crippen MR) is 139 cm³/mol. The lowest BCUT2D eigenvalue weighted by Crippen LogP contribution is -2.37. The summed E-state index contributed by atoms with van der Waals surface area (Å²) in [6, 6.07) is 21.3. The molecule has 0 unspecified atom stereocenters. The van der Waals surface area contributed by atoms with Crippen molar-refractivity contribution in [3.05, 3.63) is 105 Å². The number of nitrogens with zero attached hydrogens (tertiary/aromatic N) is 1. The Morgan fingerprint density at radius 1 is 0.765 bits per heavy atom. The highest BCUT2D eigenvalue weighted by Crippen LogP contribution is 2.33. The molecule has 3 aromatic rings. The maximum Gasteiger partial charge on any atom is 0.187 e. The minimum absolute atomic E-state index is 0.0258. The van der Waals surface area contributed by atoms with E-state index in [1.807, 2.05) is 54.6 Å². The summed E-state index contributed by atoms with van der Waals surface area (Å²) in [4.78, 5) is 15.8. The van der Waals surface area contributed by atoms with Gasteiger partial charge < -0.3 is 9.47 Å². The van der Waals surface area contributed by atoms with Gasteiger partial charge in [0, 0.05) is 30.8 Å². The summed E-state index contributed by atoms with van der Waals surface area (Å²) < 4.78 is 10.7. The molecule has 1 aliphatic rings. The van der Waals surface area contributed by atoms with Gasteiger partial charge in [0.05, 0.1) is 24.3 Å². The van der Waals surface area contributed by atoms with Gasteiger partial charge >= 0.3 is 0 Å². The highest BCUT2D eigenvalue weighted by molar-refractivity contribution is 6.34. The molecule has 0 aliphatic carbocycles. The number of benzene rings is 3. The molecule has 4 rings (SSSR count). The van der Waals surface area contributed by atoms with Crippen molar-refractivity contribution in [3.8, 4) is 11.5 Å². The molecule has 0 saturated carbocycles. The van der Waals surface area contributed by atoms with Gasteiger partial charge in [-0.05, 0) is 41.0 Å². The van der Waals surface area contributed by atoms with Gasteiger partial charge in [0.25, 0.3) is 0 Å². The first-order valence-corrected chi connectivity index (χ1v) is 11.6. The molecule has 1 saturated heterocycles. The number of ether oxygens (including phenoxy) is 2. The third-order valence-corrected chi connectivity index (χ3v) is 6.51. The van der Waals surface area contributed by atoms with Gasteiger partial charge in [-0.15, -0.1) is 0 Å². The van der Waals surface area contributed by atoms with E-state index in [0.717, 1.165) is 11.1 Å². The third kappa shape index (κ3) is 5.36. The topological polar surface area (TPSA) is 38.8 Å². The van der Waals surface area contributed by atoms with Crippen molar-refractivity contribution in [3.63, 3.8) is 0 Å². The van der Waals surface area contributed by atoms with Gasteiger partial charge in [-0.3, -0.25) is 9.69 Å². The maximum absolute atomic E-state index is 13.6. The van der Waals surface area contributed by atoms with Gasteiger partial charge in [-0.25, -0.2) is 0 Å². The van der Waals surface area contributed by atoms with Crippen molar-refractivity contribution >= 4 is 41.1 Å². The SMILES string of the molecule is COc1cccc(/C=C2\CN(Cc3ccccc3)C/C(=C\c3cccc(OC)c3Cl)C2=O)c1Cl. The van der Waals surface area contributed by atoms with E-state index in [4.69, 9.17) is 32.7 Å². The molecule has 1 heterocycles. The number of halogens is 2. The van der Waals surface area contributed by atoms with Crippen LogP contribution in [0.3, 0.4) is 0 Å². The van der Waals surface area contributed by atoms with Crippen LogP contribution < -0.4 is 9.47 Å². The number of hydrogen-bond donors (Lipinski definition) is 0. The van der Waals surface area contributed by atoms with E-state index in [-0.39, 0.29) is 5.78 Å². The monoisotopic (exact) mass is 493 g/mol. The minimum Gasteiger partial charge on any atom is -0.495 e. The third-order valence-electron chi connectivity index (χ3n) is 5.71. The molecule has 0 N–H and O–H groups in total. The lowest BCUT2D eigenvalue weighted by molar-refractivity contribution is -0.113. The largest absolute Gasteiger partial charge is 0.495 e. The van der Waals surface area contributed by atoms with Crippen molar-refractivity contribution < 1.29 is 14.3 Å². The van der Waals surface area contributed by atoms with Gasteiger partial charge in [0.2, 0.25) is 0 Å². The number of likely N-dealkylation sites (tertiary alicyclic amines) is 1. The molecule has 174 valence electrons. The van der Waals surface area contributed by atoms with Crippen LogP contribution in [0.1, 0.15) is 16.7 Å². The van der Waals surface area contributed by atoms with Crippen LogP contribution in [0.5, 0.6) is 11.5 Å². The van der Waals surface area contributed by atoms with E-state index in [1.165, 1.54) is 5.56 Å². The molecular formula is C28H25Cl2NO3. The number of carbonyl (C=O) groups excluding carboxylic acids is 1. The molecule has 6 heteroatoms. The summed E-state index contributed by atoms with van der Waals surface area (Å²) in [7, 11) is 3.15. The number of carbonyl (C=O) groups is 1. The molecule has 34 heavy (non-hydrogen) atoms. The van der Waals surface area contributed by atoms with Gasteiger partial charge in [-0.2, -0.15) is 0 Å². The van der Waals surface area contributed by atoms with Crippen LogP contribution in [0.15, 0.2) is 77.9 Å². The zero-order valence-corrected chi connectivity index (χ0v) is 20.6. The lowest BCUT2D eigenvalue weighted by atomic mass is 9.93. The molecule has 4 nitrogen and oxygen atoms in total. The average Bonchev–Trinajstić information content (AvgIpc) is 2.85. The molecule has 0 spiro atoms. The van der Waals surface area contributed by atoms with E-state index < -0.39 is 0 Å². The first-order valence-electron chi connectivity index (χ1n) is 10.9. The molecule has 1 fully saturated rings. The summed E-state index contributed by atoms with van der Waals surface area (Å²) in [5, 5.41) is 0.957. The number of methoxy groups -OCH3 is 2. The van der Waals surface area contributed by atoms with Crippen molar-refractivity contribution in [2.45, 2.75) is 6.54 Å². The molecule has 0 amide bonds. The normalized spacial score (nSPS) is 16.8. The molecule has 1 aliphatic heterocycles. The lowest BCUT2D eigenvalue weighted by Gasteiger charge is -2.30. The summed E-state index contributed by atoms with van der Waals surface area (Å²) in [6.45, 7) is 1.72. The summed E-state index contributed by atoms with van der Waals surface area (Å²) >= 11 is 13.0. The van der Waals surface area contributed by atoms with Crippen LogP contribution in [0.2, 0.25) is 10.0 Å². The molecule has 0 atom stereocenters. The van der Waals surface area contributed by atoms with Crippen LogP contribution in [-0.2, 0) is 11.3 Å². The summed E-state index contributed by atoms with van der Waals surface area (Å²) in [6.07, 6.45) is 3.71. The maximum atomic E-state index is 13.6. The highest BCUT2D eigenvalue weighted by atomic mass is 35.5. The second-order valence-electron chi connectivity index (χ2n) is 8.03. The van der Waals surface area contributed by atoms with Crippen molar-refractivity contribution in [2.24, 2.45) is 0 Å². The standard InChI is InChI=1S/C28H25Cl2NO3/c1-33-24-12-6-10-20(26(24)29)14-22-17-31(16-19-8-4-3-5-9-19)18-23(28(22)32)15-21-11-7-13-25(34-2)27(21)30/h3-15H,16-18H2,1-2H3/b22-14+,23-15+. The van der Waals surface area contributed by atoms with E-state index in [9.17, 15) is 4.79 Å². The van der Waals surface area contributed by atoms with E-state index in [1.54, 1.807) is 26.4 Å². The Kier molecular flexibility index (Phi) is 7.73. The minimum atomic E-state index is -0.0258. The number of ketones is 1. The second kappa shape index (κ2) is 10.9. The van der Waals surface area contributed by atoms with Crippen molar-refractivity contribution in [1.82, 2.24) is 4.90 Å². The Labute approximate surface area is 210 Å². The summed E-state index contributed by atoms with van der Waals surface area (Å²) in [5.74, 6) is 1.11. The number of rotatable bonds is 6. The Balaban J connectivity index is 1.75. The van der Waals surface area contributed by atoms with Gasteiger partial charge in [0.15, 0.2) is 5.78 Å². The smallest absolute Gasteiger partial charge is 0.187 e. The van der Waals surface area contributed by atoms with Crippen LogP contribution in [0.25, 0.3) is 12.2 Å². The molecule has 0 bridgehead atoms. The Morgan fingerprint density at radius 3 is 1.74 bits per heavy atom. The average molecular weight is 494 g/mol. The van der Waals surface area contributed by atoms with Crippen LogP contribution >= 0.6 is 23.2 Å². The summed E-state index contributed by atoms with van der Waals surface area (Å²) in [5.41, 5.74) is 3.97. The molecule has 3 aromatic carbocycles. The second-order valence-corrected chi connectivity index (χ2v) is 8.78. The van der Waals surface area contributed by atoms with E-state index >= 15 is 0 Å². The molecule has 0 aromatic heterocycles. The van der Waals surface area contributed by atoms with E-state index in [2.05, 4.69) is 17.0 Å². The molecular weight excluding hydrogens is 469 g/mol. The van der Waals surface area contributed by atoms with Crippen molar-refractivity contribution in [1.29, 1.82) is 0 Å². The van der Waals surface area contributed by atoms with Crippen molar-refractivity contribution in [2.75, 3.05) is 27.3 Å². The highest BCUT2D eigenvalue weighted by Gasteiger charge is 2.27. The van der Waals surface area contributed by atoms with E-state index in [0.29, 0.717) is 52.3 Å². The molecule has 0 radical (unpaired) electrons. The zero-order chi connectivity index (χ0) is 24.1. The fourth-order valence-corrected chi connectivity index (χ4v) is 4.55. The fourth-order valence-electron chi connectivity index (χ4n) is 4.03. The Hall–Kier alpha value is -3.05. The number of hydrogen-bond acceptors (Lipinski definition) is 4. The number of piperidine rings is 1. The van der Waals surface area contributed by atoms with Crippen LogP contribution in [0, 0.1) is 0 Å². The predicted octanol–water partition coefficient (Wildman–Crippen LogP) is 6.56. The first kappa shape index (κ1) is 24.1. The van der Waals surface area contributed by atoms with Gasteiger partial charge in [0.1, 0.15) is 11.5 Å². The zero-order valence-electron chi connectivity index (χ0n) is 19.1. The Bertz CT molecular complexity index is 1180. The van der Waals surface area contributed by atoms with Crippen LogP contribution in [-0.4, -0.2) is 38.0 Å². The fraction of sp³-hybridized carbons (Fsp3) is 0.179. The van der Waals surface area contributed by atoms with Gasteiger partial charge in [-0.1, -0.05) is 77.8 Å². The number of Topliss-reactive ketones (excluding diaryl/α,β-unsaturated/α-hetero) is 1. The first-order chi connectivity index (χ1) is 16.5. The van der Waals surface area contributed by atoms with Crippen LogP contribution in [0.4, 0.5) is 0 Å².